The van der Waals surface area contributed by atoms with Gasteiger partial charge in [-0.3, -0.25) is 14.9 Å². The predicted molar refractivity (Wildman–Crippen MR) is 146 cm³/mol. The zero-order chi connectivity index (χ0) is 28.3. The molecule has 14 heteroatoms. The number of likely N-dealkylation sites (N-methyl/N-ethyl adjacent to an activating group) is 1. The Hall–Kier alpha value is -4.53. The fraction of sp³-hybridized carbons (Fsp3) is 0.231. The van der Waals surface area contributed by atoms with Gasteiger partial charge in [-0.05, 0) is 43.4 Å². The van der Waals surface area contributed by atoms with E-state index in [1.807, 2.05) is 17.8 Å². The number of pyridine rings is 1. The molecule has 0 radical (unpaired) electrons. The van der Waals surface area contributed by atoms with E-state index in [1.165, 1.54) is 30.5 Å². The van der Waals surface area contributed by atoms with Crippen LogP contribution in [0.5, 0.6) is 11.5 Å². The van der Waals surface area contributed by atoms with Crippen LogP contribution in [0.4, 0.5) is 11.4 Å². The van der Waals surface area contributed by atoms with Gasteiger partial charge in [-0.1, -0.05) is 12.1 Å². The van der Waals surface area contributed by atoms with Gasteiger partial charge in [0.2, 0.25) is 0 Å². The van der Waals surface area contributed by atoms with Gasteiger partial charge in [0.1, 0.15) is 22.8 Å². The van der Waals surface area contributed by atoms with E-state index in [1.54, 1.807) is 24.4 Å². The second-order valence-electron chi connectivity index (χ2n) is 9.19. The van der Waals surface area contributed by atoms with Crippen molar-refractivity contribution < 1.29 is 27.6 Å². The highest BCUT2D eigenvalue weighted by Crippen LogP contribution is 2.29. The molecule has 0 saturated carbocycles. The third-order valence-corrected chi connectivity index (χ3v) is 7.63. The first-order valence-corrected chi connectivity index (χ1v) is 13.8. The van der Waals surface area contributed by atoms with Crippen LogP contribution < -0.4 is 14.8 Å². The molecule has 40 heavy (non-hydrogen) atoms. The Bertz CT molecular complexity index is 1670. The summed E-state index contributed by atoms with van der Waals surface area (Å²) in [5, 5.41) is 15.5. The maximum absolute atomic E-state index is 13.1. The number of sulfonamides is 1. The summed E-state index contributed by atoms with van der Waals surface area (Å²) in [5.74, 6) is -0.512. The van der Waals surface area contributed by atoms with Crippen LogP contribution in [0.15, 0.2) is 71.9 Å². The number of nitro groups is 1. The van der Waals surface area contributed by atoms with Crippen molar-refractivity contribution in [1.82, 2.24) is 19.6 Å². The number of nitro benzene ring substituents is 1. The lowest BCUT2D eigenvalue weighted by molar-refractivity contribution is -0.384. The number of H-pyrrole nitrogens is 1. The molecule has 4 aromatic rings. The van der Waals surface area contributed by atoms with Gasteiger partial charge in [-0.25, -0.2) is 18.1 Å². The highest BCUT2D eigenvalue weighted by Gasteiger charge is 2.26. The number of carbonyl (C=O) groups is 1. The summed E-state index contributed by atoms with van der Waals surface area (Å²) in [5.41, 5.74) is 0.301. The van der Waals surface area contributed by atoms with Crippen molar-refractivity contribution in [3.05, 3.63) is 82.7 Å². The van der Waals surface area contributed by atoms with Gasteiger partial charge in [0.05, 0.1) is 34.3 Å². The molecule has 1 saturated heterocycles. The number of para-hydroxylation sites is 1. The maximum Gasteiger partial charge on any atom is 0.293 e. The highest BCUT2D eigenvalue weighted by molar-refractivity contribution is 7.90. The highest BCUT2D eigenvalue weighted by atomic mass is 32.2. The molecule has 3 N–H and O–H groups in total. The first-order valence-electron chi connectivity index (χ1n) is 12.3. The number of ether oxygens (including phenoxy) is 2. The molecule has 2 aromatic heterocycles. The zero-order valence-electron chi connectivity index (χ0n) is 21.4. The number of amides is 1. The summed E-state index contributed by atoms with van der Waals surface area (Å²) in [6.45, 7) is 2.31. The number of benzene rings is 2. The van der Waals surface area contributed by atoms with E-state index in [-0.39, 0.29) is 23.1 Å². The van der Waals surface area contributed by atoms with Crippen LogP contribution in [0.1, 0.15) is 10.4 Å². The van der Waals surface area contributed by atoms with Crippen LogP contribution in [0.25, 0.3) is 11.0 Å². The Morgan fingerprint density at radius 3 is 2.88 bits per heavy atom. The van der Waals surface area contributed by atoms with Gasteiger partial charge in [-0.15, -0.1) is 0 Å². The van der Waals surface area contributed by atoms with E-state index in [9.17, 15) is 23.3 Å². The van der Waals surface area contributed by atoms with Crippen molar-refractivity contribution >= 4 is 38.3 Å². The first kappa shape index (κ1) is 27.1. The minimum atomic E-state index is -4.47. The van der Waals surface area contributed by atoms with Crippen molar-refractivity contribution in [2.75, 3.05) is 38.6 Å². The maximum atomic E-state index is 13.1. The quantitative estimate of drug-likeness (QED) is 0.202. The van der Waals surface area contributed by atoms with Gasteiger partial charge in [0, 0.05) is 37.3 Å². The second kappa shape index (κ2) is 11.3. The Morgan fingerprint density at radius 2 is 2.08 bits per heavy atom. The SMILES string of the molecule is CN1CCOC(CNc2ccc(S(=O)(=O)NC(=O)c3ccccc3Oc3cnc4[nH]ccc4c3)cc2[N+](=O)[O-])C1. The third-order valence-electron chi connectivity index (χ3n) is 6.30. The number of rotatable bonds is 9. The summed E-state index contributed by atoms with van der Waals surface area (Å²) in [7, 11) is -2.51. The Kier molecular flexibility index (Phi) is 7.64. The number of aromatic nitrogens is 2. The lowest BCUT2D eigenvalue weighted by Gasteiger charge is -2.30. The summed E-state index contributed by atoms with van der Waals surface area (Å²) in [6.07, 6.45) is 3.02. The van der Waals surface area contributed by atoms with Crippen molar-refractivity contribution in [3.8, 4) is 11.5 Å². The molecule has 0 spiro atoms. The molecule has 1 amide bonds. The van der Waals surface area contributed by atoms with Crippen molar-refractivity contribution in [2.24, 2.45) is 0 Å². The first-order chi connectivity index (χ1) is 19.2. The van der Waals surface area contributed by atoms with Crippen LogP contribution >= 0.6 is 0 Å². The van der Waals surface area contributed by atoms with E-state index in [2.05, 4.69) is 20.2 Å². The summed E-state index contributed by atoms with van der Waals surface area (Å²) in [6, 6.07) is 13.0. The molecule has 1 fully saturated rings. The van der Waals surface area contributed by atoms with Gasteiger partial charge in [0.25, 0.3) is 21.6 Å². The molecule has 13 nitrogen and oxygen atoms in total. The summed E-state index contributed by atoms with van der Waals surface area (Å²) in [4.78, 5) is 33.0. The monoisotopic (exact) mass is 566 g/mol. The molecule has 0 bridgehead atoms. The van der Waals surface area contributed by atoms with Gasteiger partial charge >= 0.3 is 0 Å². The van der Waals surface area contributed by atoms with Crippen LogP contribution in [0.2, 0.25) is 0 Å². The number of anilines is 1. The molecular weight excluding hydrogens is 540 g/mol. The number of fused-ring (bicyclic) bond motifs is 1. The minimum absolute atomic E-state index is 0.0505. The van der Waals surface area contributed by atoms with E-state index in [0.29, 0.717) is 31.1 Å². The molecule has 208 valence electrons. The number of aromatic amines is 1. The lowest BCUT2D eigenvalue weighted by atomic mass is 10.2. The Balaban J connectivity index is 1.33. The topological polar surface area (TPSA) is 169 Å². The van der Waals surface area contributed by atoms with E-state index in [0.717, 1.165) is 18.0 Å². The van der Waals surface area contributed by atoms with Gasteiger partial charge in [0.15, 0.2) is 0 Å². The molecule has 0 aliphatic carbocycles. The lowest BCUT2D eigenvalue weighted by Crippen LogP contribution is -2.43. The Morgan fingerprint density at radius 1 is 1.25 bits per heavy atom. The normalized spacial score (nSPS) is 16.0. The average molecular weight is 567 g/mol. The van der Waals surface area contributed by atoms with Gasteiger partial charge < -0.3 is 24.7 Å². The molecule has 1 atom stereocenters. The number of nitrogens with zero attached hydrogens (tertiary/aromatic N) is 3. The number of nitrogens with one attached hydrogen (secondary N) is 3. The van der Waals surface area contributed by atoms with E-state index < -0.39 is 31.4 Å². The molecule has 1 unspecified atom stereocenters. The number of carbonyl (C=O) groups excluding carboxylic acids is 1. The number of hydrogen-bond donors (Lipinski definition) is 3. The van der Waals surface area contributed by atoms with E-state index >= 15 is 0 Å². The van der Waals surface area contributed by atoms with Crippen molar-refractivity contribution in [3.63, 3.8) is 0 Å². The standard InChI is InChI=1S/C26H26N6O7S/c1-31-10-11-38-19(16-31)15-28-22-7-6-20(13-23(22)32(34)35)40(36,37)30-26(33)21-4-2-3-5-24(21)39-18-12-17-8-9-27-25(17)29-14-18/h2-9,12-14,19,28H,10-11,15-16H2,1H3,(H,27,29)(H,30,33). The van der Waals surface area contributed by atoms with Crippen LogP contribution in [0.3, 0.4) is 0 Å². The third kappa shape index (κ3) is 6.03. The predicted octanol–water partition coefficient (Wildman–Crippen LogP) is 3.12. The smallest absolute Gasteiger partial charge is 0.293 e. The average Bonchev–Trinajstić information content (AvgIpc) is 3.40. The largest absolute Gasteiger partial charge is 0.455 e. The van der Waals surface area contributed by atoms with E-state index in [4.69, 9.17) is 9.47 Å². The summed E-state index contributed by atoms with van der Waals surface area (Å²) < 4.78 is 39.6. The molecule has 5 rings (SSSR count). The minimum Gasteiger partial charge on any atom is -0.455 e. The summed E-state index contributed by atoms with van der Waals surface area (Å²) >= 11 is 0. The van der Waals surface area contributed by atoms with Crippen LogP contribution in [-0.2, 0) is 14.8 Å². The molecule has 2 aromatic carbocycles. The van der Waals surface area contributed by atoms with Crippen molar-refractivity contribution in [1.29, 1.82) is 0 Å². The fourth-order valence-corrected chi connectivity index (χ4v) is 5.26. The van der Waals surface area contributed by atoms with Crippen LogP contribution in [-0.4, -0.2) is 73.5 Å². The number of morpholine rings is 1. The fourth-order valence-electron chi connectivity index (χ4n) is 4.27. The second-order valence-corrected chi connectivity index (χ2v) is 10.9. The molecule has 1 aliphatic heterocycles. The van der Waals surface area contributed by atoms with Gasteiger partial charge in [-0.2, -0.15) is 0 Å². The van der Waals surface area contributed by atoms with Crippen LogP contribution in [0, 0.1) is 10.1 Å². The molecule has 3 heterocycles. The molecule has 1 aliphatic rings. The van der Waals surface area contributed by atoms with Crippen molar-refractivity contribution in [2.45, 2.75) is 11.0 Å². The Labute approximate surface area is 229 Å². The zero-order valence-corrected chi connectivity index (χ0v) is 22.2. The molecular formula is C26H26N6O7S. The number of hydrogen-bond acceptors (Lipinski definition) is 10.